The summed E-state index contributed by atoms with van der Waals surface area (Å²) in [5.74, 6) is 1.36. The Labute approximate surface area is 403 Å². The summed E-state index contributed by atoms with van der Waals surface area (Å²) in [6.45, 7) is 6.20. The van der Waals surface area contributed by atoms with Crippen molar-refractivity contribution >= 4 is 51.6 Å². The second kappa shape index (κ2) is 22.3. The second-order valence-corrected chi connectivity index (χ2v) is 18.4. The number of hydrogen-bond acceptors (Lipinski definition) is 10. The Morgan fingerprint density at radius 2 is 1.26 bits per heavy atom. The van der Waals surface area contributed by atoms with Gasteiger partial charge < -0.3 is 49.3 Å². The summed E-state index contributed by atoms with van der Waals surface area (Å²) in [7, 11) is 5.72. The van der Waals surface area contributed by atoms with E-state index < -0.39 is 24.3 Å². The number of aromatic amines is 2. The van der Waals surface area contributed by atoms with Crippen molar-refractivity contribution < 1.29 is 38.1 Å². The van der Waals surface area contributed by atoms with Crippen LogP contribution in [0.4, 0.5) is 9.59 Å². The van der Waals surface area contributed by atoms with Gasteiger partial charge in [-0.1, -0.05) is 55.0 Å². The molecule has 4 heterocycles. The maximum Gasteiger partial charge on any atom is 0.407 e. The van der Waals surface area contributed by atoms with Crippen LogP contribution in [0.15, 0.2) is 72.3 Å². The third-order valence-electron chi connectivity index (χ3n) is 14.1. The number of fused-ring (bicyclic) bond motifs is 10. The number of likely N-dealkylation sites (tertiary alicyclic amines) is 2. The van der Waals surface area contributed by atoms with E-state index in [1.807, 2.05) is 9.80 Å². The van der Waals surface area contributed by atoms with Crippen LogP contribution in [0.25, 0.3) is 38.8 Å². The van der Waals surface area contributed by atoms with Gasteiger partial charge in [-0.15, -0.1) is 0 Å². The zero-order valence-electron chi connectivity index (χ0n) is 40.7. The topological polar surface area (TPSA) is 193 Å². The first kappa shape index (κ1) is 48.9. The predicted octanol–water partition coefficient (Wildman–Crippen LogP) is 8.50. The molecular formula is C53H66N8O8. The fraction of sp³-hybridized carbons (Fsp3) is 0.472. The number of methoxy groups -OCH3 is 4. The van der Waals surface area contributed by atoms with E-state index in [4.69, 9.17) is 28.9 Å². The van der Waals surface area contributed by atoms with E-state index in [-0.39, 0.29) is 29.8 Å². The number of carbonyl (C=O) groups is 4. The summed E-state index contributed by atoms with van der Waals surface area (Å²) in [5.41, 5.74) is 12.0. The smallest absolute Gasteiger partial charge is 0.407 e. The van der Waals surface area contributed by atoms with Gasteiger partial charge in [-0.05, 0) is 122 Å². The molecule has 5 atom stereocenters. The number of nitrogens with zero attached hydrogens (tertiary/aromatic N) is 4. The second-order valence-electron chi connectivity index (χ2n) is 18.4. The summed E-state index contributed by atoms with van der Waals surface area (Å²) in [6, 6.07) is 17.7. The van der Waals surface area contributed by atoms with Gasteiger partial charge in [0.25, 0.3) is 0 Å². The number of nitrogens with one attached hydrogen (secondary N) is 4. The van der Waals surface area contributed by atoms with Crippen LogP contribution in [-0.4, -0.2) is 121 Å². The van der Waals surface area contributed by atoms with Crippen molar-refractivity contribution in [1.29, 1.82) is 0 Å². The molecule has 5 aromatic rings. The first-order valence-electron chi connectivity index (χ1n) is 24.3. The SMILES string of the molecule is C/C=C1\C=C(\c2ccc3nc([C@@H]4CCCN4C(=O)[C@H](CCOC)NC(=O)OC)[nH]c3c2)[C@H](C)CCc2ccc(c(-c3ccc4nc([C@@H]5CCCN5C(=O)[C@H](CCOC)NC(=O)OC)[nH]c4c3)c2)CC1. The lowest BCUT2D eigenvalue weighted by atomic mass is 9.84. The van der Waals surface area contributed by atoms with Crippen molar-refractivity contribution in [1.82, 2.24) is 40.4 Å². The molecule has 2 aliphatic heterocycles. The minimum absolute atomic E-state index is 0.176. The van der Waals surface area contributed by atoms with E-state index in [2.05, 4.69) is 101 Å². The standard InChI is InChI=1S/C53H66N8O8/c1-7-33-14-16-35-17-15-34(29-39(35)37-19-21-41-45(31-37)57-49(55-41)47-11-9-25-61(47)51(63)43(23-27-67-4)59-53(65)69-6)13-12-32(2)38(28-33)36-18-20-40-44(30-36)56-48(54-40)46-10-8-24-60(46)50(62)42(22-26-66-3)58-52(64)68-5/h7,15,17-21,28-32,42-43,46-47H,8-14,16,22-27H2,1-6H3,(H,54,56)(H,55,57)(H,58,64)(H,59,65)/b33-7-,38-28+/t32-,42+,43+,46+,47+/m1/s1. The highest BCUT2D eigenvalue weighted by atomic mass is 16.5. The molecule has 0 radical (unpaired) electrons. The minimum Gasteiger partial charge on any atom is -0.453 e. The quantitative estimate of drug-likeness (QED) is 0.0839. The molecule has 0 unspecified atom stereocenters. The molecule has 366 valence electrons. The molecule has 69 heavy (non-hydrogen) atoms. The van der Waals surface area contributed by atoms with Gasteiger partial charge in [0, 0.05) is 53.4 Å². The van der Waals surface area contributed by atoms with Crippen molar-refractivity contribution in [2.45, 2.75) is 102 Å². The highest BCUT2D eigenvalue weighted by Crippen LogP contribution is 2.38. The van der Waals surface area contributed by atoms with Crippen LogP contribution in [-0.2, 0) is 41.4 Å². The van der Waals surface area contributed by atoms with Crippen LogP contribution in [0.5, 0.6) is 0 Å². The van der Waals surface area contributed by atoms with Crippen LogP contribution in [0.2, 0.25) is 0 Å². The van der Waals surface area contributed by atoms with Crippen molar-refractivity contribution in [2.24, 2.45) is 5.92 Å². The molecule has 16 nitrogen and oxygen atoms in total. The molecule has 4 amide bonds. The van der Waals surface area contributed by atoms with Crippen molar-refractivity contribution in [2.75, 3.05) is 54.7 Å². The molecule has 4 aliphatic rings. The van der Waals surface area contributed by atoms with Gasteiger partial charge in [0.1, 0.15) is 23.7 Å². The van der Waals surface area contributed by atoms with Crippen molar-refractivity contribution in [3.8, 4) is 11.1 Å². The largest absolute Gasteiger partial charge is 0.453 e. The Bertz CT molecular complexity index is 2720. The lowest BCUT2D eigenvalue weighted by Gasteiger charge is -2.28. The Hall–Kier alpha value is -6.52. The van der Waals surface area contributed by atoms with Crippen LogP contribution >= 0.6 is 0 Å². The number of H-pyrrole nitrogens is 2. The predicted molar refractivity (Wildman–Crippen MR) is 264 cm³/mol. The number of hydrogen-bond donors (Lipinski definition) is 4. The number of alkyl carbamates (subject to hydrolysis) is 2. The summed E-state index contributed by atoms with van der Waals surface area (Å²) in [6.07, 6.45) is 10.7. The molecule has 2 aliphatic carbocycles. The van der Waals surface area contributed by atoms with Crippen LogP contribution < -0.4 is 10.6 Å². The third kappa shape index (κ3) is 11.0. The molecule has 9 rings (SSSR count). The molecule has 0 spiro atoms. The molecule has 4 N–H and O–H groups in total. The molecular weight excluding hydrogens is 877 g/mol. The van der Waals surface area contributed by atoms with Gasteiger partial charge in [0.15, 0.2) is 0 Å². The minimum atomic E-state index is -0.769. The fourth-order valence-corrected chi connectivity index (χ4v) is 10.2. The number of rotatable bonds is 14. The summed E-state index contributed by atoms with van der Waals surface area (Å²) in [4.78, 5) is 72.8. The molecule has 2 fully saturated rings. The van der Waals surface area contributed by atoms with E-state index >= 15 is 0 Å². The Morgan fingerprint density at radius 1 is 0.710 bits per heavy atom. The number of ether oxygens (including phenoxy) is 4. The summed E-state index contributed by atoms with van der Waals surface area (Å²) in [5, 5.41) is 5.39. The zero-order chi connectivity index (χ0) is 48.6. The van der Waals surface area contributed by atoms with Crippen molar-refractivity contribution in [3.05, 3.63) is 101 Å². The number of aromatic nitrogens is 4. The molecule has 2 saturated heterocycles. The number of aryl methyl sites for hydroxylation is 2. The number of amides is 4. The van der Waals surface area contributed by atoms with Crippen LogP contribution in [0, 0.1) is 5.92 Å². The van der Waals surface area contributed by atoms with E-state index in [0.717, 1.165) is 96.2 Å². The first-order chi connectivity index (χ1) is 33.5. The van der Waals surface area contributed by atoms with Crippen LogP contribution in [0.1, 0.15) is 106 Å². The number of imidazole rings is 2. The average molecular weight is 943 g/mol. The maximum atomic E-state index is 13.8. The average Bonchev–Trinajstić information content (AvgIpc) is 4.21. The lowest BCUT2D eigenvalue weighted by molar-refractivity contribution is -0.135. The van der Waals surface area contributed by atoms with E-state index in [1.165, 1.54) is 42.1 Å². The zero-order valence-corrected chi connectivity index (χ0v) is 40.7. The number of carbonyl (C=O) groups excluding carboxylic acids is 4. The first-order valence-corrected chi connectivity index (χ1v) is 24.3. The Morgan fingerprint density at radius 3 is 1.80 bits per heavy atom. The number of benzene rings is 3. The molecule has 2 aromatic heterocycles. The maximum absolute atomic E-state index is 13.8. The lowest BCUT2D eigenvalue weighted by Crippen LogP contribution is -2.49. The van der Waals surface area contributed by atoms with Crippen molar-refractivity contribution in [3.63, 3.8) is 0 Å². The molecule has 16 heteroatoms. The van der Waals surface area contributed by atoms with E-state index in [1.54, 1.807) is 14.2 Å². The molecule has 2 bridgehead atoms. The third-order valence-corrected chi connectivity index (χ3v) is 14.1. The normalized spacial score (nSPS) is 20.9. The monoisotopic (exact) mass is 943 g/mol. The Kier molecular flexibility index (Phi) is 15.8. The van der Waals surface area contributed by atoms with Gasteiger partial charge in [0.05, 0.1) is 48.4 Å². The summed E-state index contributed by atoms with van der Waals surface area (Å²) >= 11 is 0. The van der Waals surface area contributed by atoms with E-state index in [0.29, 0.717) is 39.1 Å². The fourth-order valence-electron chi connectivity index (χ4n) is 10.2. The molecule has 0 saturated carbocycles. The Balaban J connectivity index is 1.01. The van der Waals surface area contributed by atoms with Crippen LogP contribution in [0.3, 0.4) is 0 Å². The van der Waals surface area contributed by atoms with Gasteiger partial charge >= 0.3 is 12.2 Å². The molecule has 3 aromatic carbocycles. The summed E-state index contributed by atoms with van der Waals surface area (Å²) < 4.78 is 20.1. The number of allylic oxidation sites excluding steroid dienone is 4. The highest BCUT2D eigenvalue weighted by molar-refractivity contribution is 5.88. The van der Waals surface area contributed by atoms with Gasteiger partial charge in [-0.3, -0.25) is 9.59 Å². The van der Waals surface area contributed by atoms with E-state index in [9.17, 15) is 19.2 Å². The van der Waals surface area contributed by atoms with Gasteiger partial charge in [-0.2, -0.15) is 0 Å². The van der Waals surface area contributed by atoms with Gasteiger partial charge in [0.2, 0.25) is 11.8 Å². The highest BCUT2D eigenvalue weighted by Gasteiger charge is 2.38. The van der Waals surface area contributed by atoms with Gasteiger partial charge in [-0.25, -0.2) is 19.6 Å².